The van der Waals surface area contributed by atoms with Gasteiger partial charge in [0.2, 0.25) is 5.91 Å². The molecule has 1 aliphatic carbocycles. The van der Waals surface area contributed by atoms with E-state index < -0.39 is 0 Å². The van der Waals surface area contributed by atoms with Crippen LogP contribution in [0.3, 0.4) is 0 Å². The van der Waals surface area contributed by atoms with Gasteiger partial charge in [-0.1, -0.05) is 11.8 Å². The molecule has 0 aliphatic heterocycles. The van der Waals surface area contributed by atoms with Crippen molar-refractivity contribution in [2.75, 3.05) is 25.3 Å². The number of methoxy groups -OCH3 is 2. The summed E-state index contributed by atoms with van der Waals surface area (Å²) in [5.74, 6) is 1.10. The maximum Gasteiger partial charge on any atom is 0.263 e. The first-order valence-electron chi connectivity index (χ1n) is 10.3. The van der Waals surface area contributed by atoms with Crippen molar-refractivity contribution in [1.29, 1.82) is 0 Å². The third-order valence-corrected chi connectivity index (χ3v) is 7.53. The minimum atomic E-state index is -0.198. The van der Waals surface area contributed by atoms with Gasteiger partial charge in [-0.15, -0.1) is 11.3 Å². The maximum absolute atomic E-state index is 13.2. The third-order valence-electron chi connectivity index (χ3n) is 5.37. The smallest absolute Gasteiger partial charge is 0.263 e. The zero-order chi connectivity index (χ0) is 22.0. The first-order valence-corrected chi connectivity index (χ1v) is 12.1. The van der Waals surface area contributed by atoms with E-state index in [9.17, 15) is 9.59 Å². The summed E-state index contributed by atoms with van der Waals surface area (Å²) in [5.41, 5.74) is 1.76. The Morgan fingerprint density at radius 2 is 2.06 bits per heavy atom. The van der Waals surface area contributed by atoms with Gasteiger partial charge in [0.1, 0.15) is 16.3 Å². The number of thioether (sulfide) groups is 1. The van der Waals surface area contributed by atoms with Crippen LogP contribution in [0.25, 0.3) is 10.2 Å². The number of rotatable bonds is 7. The topological polar surface area (TPSA) is 82.5 Å². The van der Waals surface area contributed by atoms with Crippen LogP contribution in [0.15, 0.2) is 28.2 Å². The lowest BCUT2D eigenvalue weighted by atomic mass is 9.97. The summed E-state index contributed by atoms with van der Waals surface area (Å²) in [7, 11) is 3.11. The fraction of sp³-hybridized carbons (Fsp3) is 0.409. The first kappa shape index (κ1) is 21.7. The fourth-order valence-corrected chi connectivity index (χ4v) is 5.99. The summed E-state index contributed by atoms with van der Waals surface area (Å²) in [6.07, 6.45) is 4.26. The first-order chi connectivity index (χ1) is 15.0. The number of thiophene rings is 1. The summed E-state index contributed by atoms with van der Waals surface area (Å²) >= 11 is 2.90. The highest BCUT2D eigenvalue weighted by Crippen LogP contribution is 2.35. The molecular formula is C22H25N3O4S2. The number of nitrogens with zero attached hydrogens (tertiary/aromatic N) is 2. The van der Waals surface area contributed by atoms with Crippen molar-refractivity contribution in [3.05, 3.63) is 39.0 Å². The Balaban J connectivity index is 1.55. The Morgan fingerprint density at radius 1 is 1.26 bits per heavy atom. The molecule has 31 heavy (non-hydrogen) atoms. The van der Waals surface area contributed by atoms with Crippen molar-refractivity contribution in [2.24, 2.45) is 0 Å². The number of nitrogens with one attached hydrogen (secondary N) is 1. The summed E-state index contributed by atoms with van der Waals surface area (Å²) < 4.78 is 12.2. The second-order valence-corrected chi connectivity index (χ2v) is 9.26. The second kappa shape index (κ2) is 9.32. The Hall–Kier alpha value is -2.52. The van der Waals surface area contributed by atoms with E-state index in [-0.39, 0.29) is 17.2 Å². The van der Waals surface area contributed by atoms with Crippen LogP contribution in [-0.2, 0) is 24.2 Å². The molecule has 7 nitrogen and oxygen atoms in total. The average Bonchev–Trinajstić information content (AvgIpc) is 3.16. The van der Waals surface area contributed by atoms with Crippen LogP contribution in [0, 0.1) is 0 Å². The van der Waals surface area contributed by atoms with Gasteiger partial charge in [-0.2, -0.15) is 0 Å². The van der Waals surface area contributed by atoms with Crippen LogP contribution >= 0.6 is 23.1 Å². The van der Waals surface area contributed by atoms with Gasteiger partial charge in [0.15, 0.2) is 5.16 Å². The number of hydrogen-bond acceptors (Lipinski definition) is 7. The number of anilines is 1. The zero-order valence-corrected chi connectivity index (χ0v) is 19.5. The highest BCUT2D eigenvalue weighted by molar-refractivity contribution is 7.99. The minimum Gasteiger partial charge on any atom is -0.497 e. The summed E-state index contributed by atoms with van der Waals surface area (Å²) in [6, 6.07) is 5.21. The van der Waals surface area contributed by atoms with Crippen molar-refractivity contribution >= 4 is 44.9 Å². The molecule has 0 bridgehead atoms. The molecule has 0 fully saturated rings. The number of hydrogen-bond donors (Lipinski definition) is 1. The molecule has 4 rings (SSSR count). The monoisotopic (exact) mass is 459 g/mol. The van der Waals surface area contributed by atoms with Crippen LogP contribution in [0.5, 0.6) is 11.5 Å². The molecule has 0 saturated carbocycles. The minimum absolute atomic E-state index is 0.00614. The number of fused-ring (bicyclic) bond motifs is 3. The summed E-state index contributed by atoms with van der Waals surface area (Å²) in [6.45, 7) is 2.45. The molecule has 0 unspecified atom stereocenters. The van der Waals surface area contributed by atoms with Crippen molar-refractivity contribution in [2.45, 2.75) is 44.3 Å². The number of aromatic nitrogens is 2. The van der Waals surface area contributed by atoms with Gasteiger partial charge in [-0.25, -0.2) is 4.98 Å². The predicted molar refractivity (Wildman–Crippen MR) is 125 cm³/mol. The van der Waals surface area contributed by atoms with E-state index in [0.717, 1.165) is 29.5 Å². The van der Waals surface area contributed by atoms with E-state index >= 15 is 0 Å². The van der Waals surface area contributed by atoms with Crippen molar-refractivity contribution in [1.82, 2.24) is 9.55 Å². The molecule has 0 saturated heterocycles. The largest absolute Gasteiger partial charge is 0.497 e. The van der Waals surface area contributed by atoms with Gasteiger partial charge >= 0.3 is 0 Å². The molecule has 2 aromatic heterocycles. The summed E-state index contributed by atoms with van der Waals surface area (Å²) in [4.78, 5) is 32.6. The van der Waals surface area contributed by atoms with Gasteiger partial charge in [0.25, 0.3) is 5.56 Å². The number of carbonyl (C=O) groups is 1. The lowest BCUT2D eigenvalue weighted by molar-refractivity contribution is -0.113. The molecule has 0 radical (unpaired) electrons. The molecule has 1 N–H and O–H groups in total. The van der Waals surface area contributed by atoms with Crippen LogP contribution < -0.4 is 20.3 Å². The highest BCUT2D eigenvalue weighted by Gasteiger charge is 2.22. The van der Waals surface area contributed by atoms with Crippen molar-refractivity contribution < 1.29 is 14.3 Å². The van der Waals surface area contributed by atoms with Crippen molar-refractivity contribution in [3.63, 3.8) is 0 Å². The molecule has 0 spiro atoms. The number of ether oxygens (including phenoxy) is 2. The van der Waals surface area contributed by atoms with E-state index in [1.54, 1.807) is 48.3 Å². The molecule has 2 heterocycles. The van der Waals surface area contributed by atoms with Crippen LogP contribution in [0.4, 0.5) is 5.69 Å². The Kier molecular flexibility index (Phi) is 6.52. The zero-order valence-electron chi connectivity index (χ0n) is 17.8. The lowest BCUT2D eigenvalue weighted by Gasteiger charge is -2.13. The van der Waals surface area contributed by atoms with Crippen molar-refractivity contribution in [3.8, 4) is 11.5 Å². The Labute approximate surface area is 188 Å². The molecule has 3 aromatic rings. The average molecular weight is 460 g/mol. The molecule has 164 valence electrons. The maximum atomic E-state index is 13.2. The quantitative estimate of drug-likeness (QED) is 0.423. The lowest BCUT2D eigenvalue weighted by Crippen LogP contribution is -2.24. The van der Waals surface area contributed by atoms with E-state index in [1.807, 2.05) is 6.92 Å². The third kappa shape index (κ3) is 4.29. The molecule has 1 aliphatic rings. The normalized spacial score (nSPS) is 13.1. The summed E-state index contributed by atoms with van der Waals surface area (Å²) in [5, 5.41) is 4.21. The molecule has 1 aromatic carbocycles. The van der Waals surface area contributed by atoms with Gasteiger partial charge in [0.05, 0.1) is 31.0 Å². The molecule has 9 heteroatoms. The molecular weight excluding hydrogens is 434 g/mol. The van der Waals surface area contributed by atoms with E-state index in [2.05, 4.69) is 5.32 Å². The fourth-order valence-electron chi connectivity index (χ4n) is 3.83. The number of aryl methyl sites for hydroxylation is 2. The second-order valence-electron chi connectivity index (χ2n) is 7.24. The molecule has 1 amide bonds. The van der Waals surface area contributed by atoms with Gasteiger partial charge in [-0.3, -0.25) is 14.2 Å². The van der Waals surface area contributed by atoms with E-state index in [0.29, 0.717) is 28.9 Å². The van der Waals surface area contributed by atoms with Gasteiger partial charge < -0.3 is 14.8 Å². The highest BCUT2D eigenvalue weighted by atomic mass is 32.2. The van der Waals surface area contributed by atoms with E-state index in [4.69, 9.17) is 14.5 Å². The van der Waals surface area contributed by atoms with E-state index in [1.165, 1.54) is 28.6 Å². The number of benzene rings is 1. The molecule has 0 atom stereocenters. The SMILES string of the molecule is CCn1c(SCC(=O)Nc2ccc(OC)cc2OC)nc2sc3c(c2c1=O)CCCC3. The number of amides is 1. The van der Waals surface area contributed by atoms with Gasteiger partial charge in [0, 0.05) is 17.5 Å². The van der Waals surface area contributed by atoms with Crippen LogP contribution in [0.2, 0.25) is 0 Å². The van der Waals surface area contributed by atoms with Crippen LogP contribution in [0.1, 0.15) is 30.2 Å². The number of carbonyl (C=O) groups excluding carboxylic acids is 1. The standard InChI is InChI=1S/C22H25N3O4S2/c1-4-25-21(27)19-14-7-5-6-8-17(14)31-20(19)24-22(25)30-12-18(26)23-15-10-9-13(28-2)11-16(15)29-3/h9-11H,4-8,12H2,1-3H3,(H,23,26). The predicted octanol–water partition coefficient (Wildman–Crippen LogP) is 4.10. The van der Waals surface area contributed by atoms with Crippen LogP contribution in [-0.4, -0.2) is 35.4 Å². The Morgan fingerprint density at radius 3 is 2.81 bits per heavy atom. The Bertz CT molecular complexity index is 1190. The van der Waals surface area contributed by atoms with Gasteiger partial charge in [-0.05, 0) is 50.3 Å².